The summed E-state index contributed by atoms with van der Waals surface area (Å²) in [4.78, 5) is 12.6. The highest BCUT2D eigenvalue weighted by Gasteiger charge is 2.19. The smallest absolute Gasteiger partial charge is 0.235 e. The zero-order chi connectivity index (χ0) is 22.5. The van der Waals surface area contributed by atoms with Gasteiger partial charge >= 0.3 is 0 Å². The Kier molecular flexibility index (Phi) is 6.65. The van der Waals surface area contributed by atoms with Crippen LogP contribution in [0.25, 0.3) is 11.4 Å². The molecule has 2 aromatic carbocycles. The maximum atomic E-state index is 14.5. The number of rotatable bonds is 8. The van der Waals surface area contributed by atoms with Gasteiger partial charge in [0.2, 0.25) is 5.91 Å². The van der Waals surface area contributed by atoms with E-state index in [0.717, 1.165) is 5.56 Å². The molecule has 0 fully saturated rings. The van der Waals surface area contributed by atoms with Gasteiger partial charge in [-0.05, 0) is 31.5 Å². The first kappa shape index (κ1) is 21.8. The second-order valence-electron chi connectivity index (χ2n) is 7.45. The second-order valence-corrected chi connectivity index (χ2v) is 8.39. The highest BCUT2D eigenvalue weighted by atomic mass is 32.2. The second kappa shape index (κ2) is 9.78. The third-order valence-corrected chi connectivity index (χ3v) is 5.74. The first-order valence-electron chi connectivity index (χ1n) is 10.2. The number of carbonyl (C=O) groups excluding carboxylic acids is 1. The lowest BCUT2D eigenvalue weighted by molar-refractivity contribution is -0.113. The van der Waals surface area contributed by atoms with Crippen molar-refractivity contribution in [3.63, 3.8) is 0 Å². The normalized spacial score (nSPS) is 11.1. The van der Waals surface area contributed by atoms with Gasteiger partial charge in [0.05, 0.1) is 24.1 Å². The molecule has 0 aliphatic heterocycles. The maximum Gasteiger partial charge on any atom is 0.235 e. The summed E-state index contributed by atoms with van der Waals surface area (Å²) in [5, 5.41) is 16.1. The summed E-state index contributed by atoms with van der Waals surface area (Å²) in [7, 11) is 0. The molecule has 1 amide bonds. The van der Waals surface area contributed by atoms with Crippen LogP contribution in [0.2, 0.25) is 0 Å². The van der Waals surface area contributed by atoms with E-state index in [1.165, 1.54) is 17.8 Å². The highest BCUT2D eigenvalue weighted by Crippen LogP contribution is 2.27. The zero-order valence-electron chi connectivity index (χ0n) is 17.8. The molecule has 0 radical (unpaired) electrons. The number of thioether (sulfide) groups is 1. The predicted octanol–water partition coefficient (Wildman–Crippen LogP) is 4.64. The topological polar surface area (TPSA) is 77.6 Å². The SMILES string of the molecule is CC(C)n1nccc1NC(=O)CSc1nnc(-c2ccccc2F)n1Cc1ccccc1. The number of anilines is 1. The molecule has 2 aromatic heterocycles. The van der Waals surface area contributed by atoms with Crippen molar-refractivity contribution < 1.29 is 9.18 Å². The van der Waals surface area contributed by atoms with Crippen molar-refractivity contribution in [3.05, 3.63) is 78.2 Å². The predicted molar refractivity (Wildman–Crippen MR) is 123 cm³/mol. The van der Waals surface area contributed by atoms with E-state index in [-0.39, 0.29) is 23.5 Å². The largest absolute Gasteiger partial charge is 0.310 e. The molecule has 0 saturated carbocycles. The number of nitrogens with one attached hydrogen (secondary N) is 1. The molecule has 0 atom stereocenters. The van der Waals surface area contributed by atoms with Gasteiger partial charge in [-0.25, -0.2) is 9.07 Å². The summed E-state index contributed by atoms with van der Waals surface area (Å²) in [6.07, 6.45) is 1.65. The average Bonchev–Trinajstić information content (AvgIpc) is 3.40. The molecule has 2 heterocycles. The van der Waals surface area contributed by atoms with E-state index in [1.54, 1.807) is 35.1 Å². The quantitative estimate of drug-likeness (QED) is 0.396. The first-order valence-corrected chi connectivity index (χ1v) is 11.2. The van der Waals surface area contributed by atoms with E-state index in [0.29, 0.717) is 28.9 Å². The van der Waals surface area contributed by atoms with Gasteiger partial charge in [0.25, 0.3) is 0 Å². The third-order valence-electron chi connectivity index (χ3n) is 4.77. The van der Waals surface area contributed by atoms with Crippen LogP contribution in [-0.2, 0) is 11.3 Å². The lowest BCUT2D eigenvalue weighted by atomic mass is 10.2. The molecule has 0 aliphatic rings. The fourth-order valence-corrected chi connectivity index (χ4v) is 4.02. The van der Waals surface area contributed by atoms with Crippen LogP contribution in [0.4, 0.5) is 10.2 Å². The number of hydrogen-bond donors (Lipinski definition) is 1. The number of aromatic nitrogens is 5. The fraction of sp³-hybridized carbons (Fsp3) is 0.217. The Balaban J connectivity index is 1.56. The molecule has 4 aromatic rings. The molecule has 164 valence electrons. The van der Waals surface area contributed by atoms with Crippen molar-refractivity contribution in [3.8, 4) is 11.4 Å². The van der Waals surface area contributed by atoms with Crippen LogP contribution in [0.1, 0.15) is 25.5 Å². The molecule has 0 spiro atoms. The molecule has 0 aliphatic carbocycles. The van der Waals surface area contributed by atoms with E-state index >= 15 is 0 Å². The number of benzene rings is 2. The molecule has 0 unspecified atom stereocenters. The van der Waals surface area contributed by atoms with E-state index in [1.807, 2.05) is 48.7 Å². The Morgan fingerprint density at radius 3 is 2.56 bits per heavy atom. The minimum Gasteiger partial charge on any atom is -0.310 e. The zero-order valence-corrected chi connectivity index (χ0v) is 18.6. The molecular formula is C23H23FN6OS. The van der Waals surface area contributed by atoms with Crippen LogP contribution in [0, 0.1) is 5.82 Å². The van der Waals surface area contributed by atoms with Gasteiger partial charge in [-0.3, -0.25) is 9.36 Å². The van der Waals surface area contributed by atoms with Gasteiger partial charge < -0.3 is 5.32 Å². The monoisotopic (exact) mass is 450 g/mol. The van der Waals surface area contributed by atoms with E-state index in [2.05, 4.69) is 20.6 Å². The highest BCUT2D eigenvalue weighted by molar-refractivity contribution is 7.99. The Morgan fingerprint density at radius 1 is 1.06 bits per heavy atom. The molecule has 4 rings (SSSR count). The summed E-state index contributed by atoms with van der Waals surface area (Å²) in [6.45, 7) is 4.45. The number of halogens is 1. The lowest BCUT2D eigenvalue weighted by Gasteiger charge is -2.12. The molecule has 9 heteroatoms. The van der Waals surface area contributed by atoms with Crippen molar-refractivity contribution in [2.75, 3.05) is 11.1 Å². The van der Waals surface area contributed by atoms with Crippen molar-refractivity contribution in [2.45, 2.75) is 31.6 Å². The number of hydrogen-bond acceptors (Lipinski definition) is 5. The fourth-order valence-electron chi connectivity index (χ4n) is 3.28. The lowest BCUT2D eigenvalue weighted by Crippen LogP contribution is -2.18. The minimum absolute atomic E-state index is 0.130. The van der Waals surface area contributed by atoms with Crippen LogP contribution in [0.5, 0.6) is 0 Å². The van der Waals surface area contributed by atoms with Gasteiger partial charge in [0, 0.05) is 12.1 Å². The summed E-state index contributed by atoms with van der Waals surface area (Å²) in [6, 6.07) is 18.2. The Bertz CT molecular complexity index is 1200. The van der Waals surface area contributed by atoms with Crippen LogP contribution in [0.3, 0.4) is 0 Å². The van der Waals surface area contributed by atoms with E-state index in [4.69, 9.17) is 0 Å². The first-order chi connectivity index (χ1) is 15.5. The molecule has 1 N–H and O–H groups in total. The van der Waals surface area contributed by atoms with Gasteiger partial charge in [0.1, 0.15) is 11.6 Å². The van der Waals surface area contributed by atoms with E-state index < -0.39 is 0 Å². The Morgan fingerprint density at radius 2 is 1.81 bits per heavy atom. The van der Waals surface area contributed by atoms with Crippen LogP contribution in [0.15, 0.2) is 72.0 Å². The van der Waals surface area contributed by atoms with Crippen LogP contribution in [-0.4, -0.2) is 36.2 Å². The average molecular weight is 451 g/mol. The molecular weight excluding hydrogens is 427 g/mol. The summed E-state index contributed by atoms with van der Waals surface area (Å²) in [5.41, 5.74) is 1.39. The Hall–Kier alpha value is -3.46. The van der Waals surface area contributed by atoms with Crippen molar-refractivity contribution >= 4 is 23.5 Å². The third kappa shape index (κ3) is 4.88. The summed E-state index contributed by atoms with van der Waals surface area (Å²) in [5.74, 6) is 0.647. The molecule has 32 heavy (non-hydrogen) atoms. The van der Waals surface area contributed by atoms with Crippen molar-refractivity contribution in [1.29, 1.82) is 0 Å². The maximum absolute atomic E-state index is 14.5. The van der Waals surface area contributed by atoms with Crippen LogP contribution >= 0.6 is 11.8 Å². The standard InChI is InChI=1S/C23H23FN6OS/c1-16(2)30-20(12-13-25-30)26-21(31)15-32-23-28-27-22(18-10-6-7-11-19(18)24)29(23)14-17-8-4-3-5-9-17/h3-13,16H,14-15H2,1-2H3,(H,26,31). The molecule has 0 bridgehead atoms. The minimum atomic E-state index is -0.370. The summed E-state index contributed by atoms with van der Waals surface area (Å²) < 4.78 is 18.1. The molecule has 0 saturated heterocycles. The number of carbonyl (C=O) groups is 1. The summed E-state index contributed by atoms with van der Waals surface area (Å²) >= 11 is 1.26. The van der Waals surface area contributed by atoms with Gasteiger partial charge in [0.15, 0.2) is 11.0 Å². The van der Waals surface area contributed by atoms with E-state index in [9.17, 15) is 9.18 Å². The van der Waals surface area contributed by atoms with Gasteiger partial charge in [-0.15, -0.1) is 10.2 Å². The van der Waals surface area contributed by atoms with Gasteiger partial charge in [-0.1, -0.05) is 54.2 Å². The van der Waals surface area contributed by atoms with Crippen molar-refractivity contribution in [1.82, 2.24) is 24.5 Å². The molecule has 7 nitrogen and oxygen atoms in total. The Labute approximate surface area is 189 Å². The number of amides is 1. The van der Waals surface area contributed by atoms with Gasteiger partial charge in [-0.2, -0.15) is 5.10 Å². The number of nitrogens with zero attached hydrogens (tertiary/aromatic N) is 5. The van der Waals surface area contributed by atoms with Crippen LogP contribution < -0.4 is 5.32 Å². The van der Waals surface area contributed by atoms with Crippen molar-refractivity contribution in [2.24, 2.45) is 0 Å².